The maximum Gasteiger partial charge on any atom is 0.406 e. The molecule has 0 bridgehead atoms. The lowest BCUT2D eigenvalue weighted by Crippen LogP contribution is -2.42. The highest BCUT2D eigenvalue weighted by Crippen LogP contribution is 2.28. The Hall–Kier alpha value is -2.01. The van der Waals surface area contributed by atoms with Crippen molar-refractivity contribution in [2.45, 2.75) is 18.6 Å². The van der Waals surface area contributed by atoms with Gasteiger partial charge in [0.2, 0.25) is 5.91 Å². The fraction of sp³-hybridized carbons (Fsp3) is 0.385. The molecule has 0 saturated carbocycles. The van der Waals surface area contributed by atoms with Crippen molar-refractivity contribution in [2.24, 2.45) is 0 Å². The molecule has 0 N–H and O–H groups in total. The van der Waals surface area contributed by atoms with E-state index in [0.717, 1.165) is 17.0 Å². The lowest BCUT2D eigenvalue weighted by Gasteiger charge is -2.23. The van der Waals surface area contributed by atoms with Gasteiger partial charge in [-0.25, -0.2) is 4.39 Å². The first-order chi connectivity index (χ1) is 10.2. The number of nitrogens with zero attached hydrogens (tertiary/aromatic N) is 3. The second-order valence-electron chi connectivity index (χ2n) is 4.75. The number of carbonyl (C=O) groups is 1. The Morgan fingerprint density at radius 1 is 1.45 bits per heavy atom. The molecule has 2 rings (SSSR count). The molecule has 0 aromatic heterocycles. The average Bonchev–Trinajstić information content (AvgIpc) is 2.75. The zero-order valence-electron chi connectivity index (χ0n) is 11.1. The second-order valence-corrected chi connectivity index (χ2v) is 5.16. The average molecular weight is 336 g/mol. The van der Waals surface area contributed by atoms with Gasteiger partial charge >= 0.3 is 6.18 Å². The van der Waals surface area contributed by atoms with Gasteiger partial charge in [-0.3, -0.25) is 9.69 Å². The first-order valence-corrected chi connectivity index (χ1v) is 6.60. The third kappa shape index (κ3) is 3.42. The number of carbonyl (C=O) groups excluding carboxylic acids is 1. The van der Waals surface area contributed by atoms with Gasteiger partial charge in [0.25, 0.3) is 0 Å². The summed E-state index contributed by atoms with van der Waals surface area (Å²) in [5, 5.41) is 8.94. The molecule has 9 heteroatoms. The van der Waals surface area contributed by atoms with Crippen molar-refractivity contribution in [1.82, 2.24) is 4.90 Å². The van der Waals surface area contributed by atoms with Gasteiger partial charge in [0.05, 0.1) is 10.7 Å². The maximum absolute atomic E-state index is 13.1. The van der Waals surface area contributed by atoms with E-state index in [1.54, 1.807) is 6.19 Å². The van der Waals surface area contributed by atoms with Crippen molar-refractivity contribution < 1.29 is 22.4 Å². The number of anilines is 1. The Morgan fingerprint density at radius 3 is 2.68 bits per heavy atom. The molecule has 1 fully saturated rings. The van der Waals surface area contributed by atoms with E-state index in [1.807, 2.05) is 0 Å². The maximum atomic E-state index is 13.1. The summed E-state index contributed by atoms with van der Waals surface area (Å²) in [5.74, 6) is -1.49. The standard InChI is InChI=1S/C13H10ClF4N3O/c14-9-5-8(1-2-10(9)15)21(7-19)11-3-4-20(12(11)22)6-13(16,17)18/h1-2,5,11H,3-4,6H2/t11-/m0/s1. The monoisotopic (exact) mass is 335 g/mol. The van der Waals surface area contributed by atoms with Gasteiger partial charge in [0, 0.05) is 6.54 Å². The van der Waals surface area contributed by atoms with Gasteiger partial charge in [0.15, 0.2) is 6.19 Å². The summed E-state index contributed by atoms with van der Waals surface area (Å²) in [5.41, 5.74) is 0.154. The van der Waals surface area contributed by atoms with Crippen molar-refractivity contribution >= 4 is 23.2 Å². The summed E-state index contributed by atoms with van der Waals surface area (Å²) < 4.78 is 50.3. The van der Waals surface area contributed by atoms with Crippen LogP contribution in [0.5, 0.6) is 0 Å². The van der Waals surface area contributed by atoms with E-state index in [4.69, 9.17) is 11.6 Å². The molecule has 4 nitrogen and oxygen atoms in total. The molecule has 118 valence electrons. The van der Waals surface area contributed by atoms with Crippen LogP contribution in [-0.2, 0) is 4.79 Å². The summed E-state index contributed by atoms with van der Waals surface area (Å²) in [6.45, 7) is -1.46. The number of likely N-dealkylation sites (tertiary alicyclic amines) is 1. The van der Waals surface area contributed by atoms with E-state index >= 15 is 0 Å². The Bertz CT molecular complexity index is 629. The van der Waals surface area contributed by atoms with Crippen LogP contribution in [-0.4, -0.2) is 36.1 Å². The summed E-state index contributed by atoms with van der Waals surface area (Å²) in [4.78, 5) is 13.6. The number of hydrogen-bond acceptors (Lipinski definition) is 3. The van der Waals surface area contributed by atoms with Gasteiger partial charge in [-0.2, -0.15) is 18.4 Å². The van der Waals surface area contributed by atoms with Crippen LogP contribution in [0.4, 0.5) is 23.2 Å². The summed E-state index contributed by atoms with van der Waals surface area (Å²) in [6.07, 6.45) is -2.69. The van der Waals surface area contributed by atoms with Crippen molar-refractivity contribution in [3.63, 3.8) is 0 Å². The normalized spacial score (nSPS) is 18.5. The van der Waals surface area contributed by atoms with Crippen LogP contribution >= 0.6 is 11.6 Å². The molecule has 0 unspecified atom stereocenters. The van der Waals surface area contributed by atoms with Gasteiger partial charge in [-0.1, -0.05) is 11.6 Å². The van der Waals surface area contributed by atoms with Crippen molar-refractivity contribution in [2.75, 3.05) is 18.0 Å². The molecule has 1 amide bonds. The quantitative estimate of drug-likeness (QED) is 0.485. The van der Waals surface area contributed by atoms with E-state index in [2.05, 4.69) is 0 Å². The van der Waals surface area contributed by atoms with Crippen LogP contribution in [0.25, 0.3) is 0 Å². The topological polar surface area (TPSA) is 47.3 Å². The summed E-state index contributed by atoms with van der Waals surface area (Å²) in [6, 6.07) is 2.37. The summed E-state index contributed by atoms with van der Waals surface area (Å²) in [7, 11) is 0. The van der Waals surface area contributed by atoms with Gasteiger partial charge in [-0.05, 0) is 24.6 Å². The molecule has 1 atom stereocenters. The van der Waals surface area contributed by atoms with Gasteiger partial charge in [-0.15, -0.1) is 0 Å². The lowest BCUT2D eigenvalue weighted by molar-refractivity contribution is -0.157. The predicted octanol–water partition coefficient (Wildman–Crippen LogP) is 2.93. The van der Waals surface area contributed by atoms with Gasteiger partial charge < -0.3 is 4.90 Å². The van der Waals surface area contributed by atoms with Crippen molar-refractivity contribution in [1.29, 1.82) is 5.26 Å². The van der Waals surface area contributed by atoms with E-state index in [9.17, 15) is 27.6 Å². The lowest BCUT2D eigenvalue weighted by atomic mass is 10.2. The highest BCUT2D eigenvalue weighted by atomic mass is 35.5. The minimum Gasteiger partial charge on any atom is -0.332 e. The number of alkyl halides is 3. The third-order valence-electron chi connectivity index (χ3n) is 3.24. The minimum atomic E-state index is -4.50. The number of halogens is 5. The van der Waals surface area contributed by atoms with Gasteiger partial charge in [0.1, 0.15) is 18.4 Å². The van der Waals surface area contributed by atoms with Crippen molar-refractivity contribution in [3.05, 3.63) is 29.0 Å². The Kier molecular flexibility index (Phi) is 4.47. The largest absolute Gasteiger partial charge is 0.406 e. The van der Waals surface area contributed by atoms with Crippen LogP contribution in [0, 0.1) is 17.3 Å². The minimum absolute atomic E-state index is 0.0669. The molecule has 1 aliphatic heterocycles. The Morgan fingerprint density at radius 2 is 2.14 bits per heavy atom. The van der Waals surface area contributed by atoms with E-state index in [-0.39, 0.29) is 23.7 Å². The number of hydrogen-bond donors (Lipinski definition) is 0. The molecule has 0 radical (unpaired) electrons. The number of amides is 1. The fourth-order valence-electron chi connectivity index (χ4n) is 2.28. The van der Waals surface area contributed by atoms with E-state index < -0.39 is 30.5 Å². The third-order valence-corrected chi connectivity index (χ3v) is 3.53. The van der Waals surface area contributed by atoms with Crippen LogP contribution in [0.3, 0.4) is 0 Å². The molecule has 1 aromatic carbocycles. The molecular formula is C13H10ClF4N3O. The van der Waals surface area contributed by atoms with E-state index in [0.29, 0.717) is 4.90 Å². The highest BCUT2D eigenvalue weighted by molar-refractivity contribution is 6.31. The van der Waals surface area contributed by atoms with Crippen LogP contribution in [0.15, 0.2) is 18.2 Å². The van der Waals surface area contributed by atoms with Crippen LogP contribution < -0.4 is 4.90 Å². The predicted molar refractivity (Wildman–Crippen MR) is 70.5 cm³/mol. The molecule has 1 aliphatic rings. The Balaban J connectivity index is 2.21. The van der Waals surface area contributed by atoms with Crippen molar-refractivity contribution in [3.8, 4) is 6.19 Å². The molecule has 0 aliphatic carbocycles. The summed E-state index contributed by atoms with van der Waals surface area (Å²) >= 11 is 5.62. The molecule has 1 heterocycles. The molecule has 22 heavy (non-hydrogen) atoms. The SMILES string of the molecule is N#CN(c1ccc(F)c(Cl)c1)[C@H]1CCN(CC(F)(F)F)C1=O. The number of nitriles is 1. The smallest absolute Gasteiger partial charge is 0.332 e. The molecule has 0 spiro atoms. The highest BCUT2D eigenvalue weighted by Gasteiger charge is 2.42. The van der Waals surface area contributed by atoms with E-state index in [1.165, 1.54) is 6.07 Å². The fourth-order valence-corrected chi connectivity index (χ4v) is 2.45. The number of benzene rings is 1. The number of rotatable bonds is 3. The van der Waals surface area contributed by atoms with Crippen LogP contribution in [0.1, 0.15) is 6.42 Å². The second kappa shape index (κ2) is 6.01. The van der Waals surface area contributed by atoms with Crippen LogP contribution in [0.2, 0.25) is 5.02 Å². The molecule has 1 aromatic rings. The zero-order chi connectivity index (χ0) is 16.5. The zero-order valence-corrected chi connectivity index (χ0v) is 11.8. The first-order valence-electron chi connectivity index (χ1n) is 6.22. The molecule has 1 saturated heterocycles. The Labute approximate surface area is 128 Å². The first kappa shape index (κ1) is 16.4. The molecular weight excluding hydrogens is 326 g/mol.